The fourth-order valence-corrected chi connectivity index (χ4v) is 4.70. The molecule has 1 atom stereocenters. The van der Waals surface area contributed by atoms with E-state index in [-0.39, 0.29) is 16.7 Å². The third-order valence-corrected chi connectivity index (χ3v) is 6.87. The molecule has 4 rings (SSSR count). The van der Waals surface area contributed by atoms with Crippen LogP contribution >= 0.6 is 0 Å². The van der Waals surface area contributed by atoms with Crippen LogP contribution in [0.3, 0.4) is 0 Å². The first-order valence-electron chi connectivity index (χ1n) is 12.9. The lowest BCUT2D eigenvalue weighted by atomic mass is 9.85. The number of ether oxygens (including phenoxy) is 2. The number of likely N-dealkylation sites (tertiary alicyclic amines) is 1. The minimum atomic E-state index is -0.700. The maximum absolute atomic E-state index is 13.4. The lowest BCUT2D eigenvalue weighted by Crippen LogP contribution is -2.31. The zero-order valence-electron chi connectivity index (χ0n) is 22.7. The molecule has 6 nitrogen and oxygen atoms in total. The Labute approximate surface area is 224 Å². The highest BCUT2D eigenvalue weighted by molar-refractivity contribution is 6.46. The SMILES string of the molecule is CCOc1ccc(/C(O)=C2/C(=O)C(=O)N(CCc3ccc(OC)cc3)C2c2ccc(C(C)(C)C)cc2)cc1. The van der Waals surface area contributed by atoms with E-state index in [1.807, 2.05) is 55.5 Å². The highest BCUT2D eigenvalue weighted by Gasteiger charge is 2.45. The van der Waals surface area contributed by atoms with E-state index in [1.165, 1.54) is 0 Å². The minimum absolute atomic E-state index is 0.0446. The summed E-state index contributed by atoms with van der Waals surface area (Å²) in [5.41, 5.74) is 3.44. The highest BCUT2D eigenvalue weighted by Crippen LogP contribution is 2.40. The summed E-state index contributed by atoms with van der Waals surface area (Å²) >= 11 is 0. The smallest absolute Gasteiger partial charge is 0.295 e. The van der Waals surface area contributed by atoms with Gasteiger partial charge >= 0.3 is 0 Å². The molecule has 0 bridgehead atoms. The summed E-state index contributed by atoms with van der Waals surface area (Å²) in [5, 5.41) is 11.3. The Balaban J connectivity index is 1.74. The molecule has 3 aromatic rings. The van der Waals surface area contributed by atoms with Crippen LogP contribution in [0.4, 0.5) is 0 Å². The molecule has 1 N–H and O–H groups in total. The summed E-state index contributed by atoms with van der Waals surface area (Å²) in [6, 6.07) is 21.8. The Kier molecular flexibility index (Phi) is 7.91. The Morgan fingerprint density at radius 1 is 0.895 bits per heavy atom. The molecular formula is C32H35NO5. The van der Waals surface area contributed by atoms with Crippen molar-refractivity contribution in [3.8, 4) is 11.5 Å². The van der Waals surface area contributed by atoms with Gasteiger partial charge in [0.05, 0.1) is 25.3 Å². The van der Waals surface area contributed by atoms with E-state index in [9.17, 15) is 14.7 Å². The Bertz CT molecular complexity index is 1320. The number of methoxy groups -OCH3 is 1. The normalized spacial score (nSPS) is 17.1. The van der Waals surface area contributed by atoms with Gasteiger partial charge in [-0.1, -0.05) is 57.2 Å². The van der Waals surface area contributed by atoms with Crippen LogP contribution < -0.4 is 9.47 Å². The summed E-state index contributed by atoms with van der Waals surface area (Å²) in [4.78, 5) is 28.2. The summed E-state index contributed by atoms with van der Waals surface area (Å²) in [7, 11) is 1.61. The molecule has 1 aliphatic heterocycles. The van der Waals surface area contributed by atoms with Gasteiger partial charge in [-0.05, 0) is 71.8 Å². The average Bonchev–Trinajstić information content (AvgIpc) is 3.17. The number of aliphatic hydroxyl groups excluding tert-OH is 1. The molecule has 0 aromatic heterocycles. The number of rotatable bonds is 8. The van der Waals surface area contributed by atoms with Gasteiger partial charge in [0.15, 0.2) is 0 Å². The third kappa shape index (κ3) is 5.59. The van der Waals surface area contributed by atoms with Gasteiger partial charge in [-0.3, -0.25) is 9.59 Å². The van der Waals surface area contributed by atoms with Gasteiger partial charge in [0.2, 0.25) is 0 Å². The lowest BCUT2D eigenvalue weighted by molar-refractivity contribution is -0.139. The second-order valence-corrected chi connectivity index (χ2v) is 10.4. The van der Waals surface area contributed by atoms with Gasteiger partial charge in [-0.25, -0.2) is 0 Å². The molecule has 1 heterocycles. The predicted molar refractivity (Wildman–Crippen MR) is 148 cm³/mol. The van der Waals surface area contributed by atoms with E-state index in [4.69, 9.17) is 9.47 Å². The number of amides is 1. The number of benzene rings is 3. The monoisotopic (exact) mass is 513 g/mol. The maximum atomic E-state index is 13.4. The fourth-order valence-electron chi connectivity index (χ4n) is 4.70. The number of nitrogens with zero attached hydrogens (tertiary/aromatic N) is 1. The summed E-state index contributed by atoms with van der Waals surface area (Å²) in [5.74, 6) is -0.0723. The number of aliphatic hydroxyl groups is 1. The fraction of sp³-hybridized carbons (Fsp3) is 0.312. The van der Waals surface area contributed by atoms with Gasteiger partial charge in [0.25, 0.3) is 11.7 Å². The Morgan fingerprint density at radius 2 is 1.50 bits per heavy atom. The number of carbonyl (C=O) groups excluding carboxylic acids is 2. The zero-order chi connectivity index (χ0) is 27.4. The molecule has 1 saturated heterocycles. The predicted octanol–water partition coefficient (Wildman–Crippen LogP) is 6.06. The summed E-state index contributed by atoms with van der Waals surface area (Å²) in [6.45, 7) is 9.14. The number of hydrogen-bond donors (Lipinski definition) is 1. The number of hydrogen-bond acceptors (Lipinski definition) is 5. The maximum Gasteiger partial charge on any atom is 0.295 e. The Morgan fingerprint density at radius 3 is 2.05 bits per heavy atom. The van der Waals surface area contributed by atoms with E-state index in [0.29, 0.717) is 30.9 Å². The summed E-state index contributed by atoms with van der Waals surface area (Å²) < 4.78 is 10.7. The highest BCUT2D eigenvalue weighted by atomic mass is 16.5. The van der Waals surface area contributed by atoms with Crippen molar-refractivity contribution in [2.75, 3.05) is 20.3 Å². The van der Waals surface area contributed by atoms with Crippen molar-refractivity contribution in [1.29, 1.82) is 0 Å². The standard InChI is InChI=1S/C32H35NO5/c1-6-38-26-17-11-23(12-18-26)29(34)27-28(22-9-13-24(14-10-22)32(2,3)4)33(31(36)30(27)35)20-19-21-7-15-25(37-5)16-8-21/h7-18,28,34H,6,19-20H2,1-5H3/b29-27-. The molecular weight excluding hydrogens is 478 g/mol. The van der Waals surface area contributed by atoms with Crippen LogP contribution in [-0.4, -0.2) is 42.0 Å². The first-order chi connectivity index (χ1) is 18.1. The third-order valence-electron chi connectivity index (χ3n) is 6.87. The number of ketones is 1. The van der Waals surface area contributed by atoms with Crippen LogP contribution in [0.1, 0.15) is 56.0 Å². The van der Waals surface area contributed by atoms with Gasteiger partial charge in [0, 0.05) is 12.1 Å². The molecule has 198 valence electrons. The van der Waals surface area contributed by atoms with E-state index in [2.05, 4.69) is 20.8 Å². The molecule has 1 amide bonds. The van der Waals surface area contributed by atoms with Gasteiger partial charge in [-0.15, -0.1) is 0 Å². The first kappa shape index (κ1) is 27.0. The lowest BCUT2D eigenvalue weighted by Gasteiger charge is -2.26. The number of Topliss-reactive ketones (excluding diaryl/α,β-unsaturated/α-hetero) is 1. The first-order valence-corrected chi connectivity index (χ1v) is 12.9. The minimum Gasteiger partial charge on any atom is -0.507 e. The Hall–Kier alpha value is -4.06. The van der Waals surface area contributed by atoms with Crippen LogP contribution in [0.2, 0.25) is 0 Å². The zero-order valence-corrected chi connectivity index (χ0v) is 22.7. The quantitative estimate of drug-likeness (QED) is 0.225. The molecule has 1 unspecified atom stereocenters. The van der Waals surface area contributed by atoms with E-state index in [0.717, 1.165) is 22.4 Å². The van der Waals surface area contributed by atoms with Crippen LogP contribution in [0.25, 0.3) is 5.76 Å². The van der Waals surface area contributed by atoms with Crippen molar-refractivity contribution < 1.29 is 24.2 Å². The second kappa shape index (κ2) is 11.1. The largest absolute Gasteiger partial charge is 0.507 e. The van der Waals surface area contributed by atoms with Gasteiger partial charge in [-0.2, -0.15) is 0 Å². The van der Waals surface area contributed by atoms with E-state index in [1.54, 1.807) is 36.3 Å². The molecule has 38 heavy (non-hydrogen) atoms. The van der Waals surface area contributed by atoms with Crippen molar-refractivity contribution in [3.63, 3.8) is 0 Å². The second-order valence-electron chi connectivity index (χ2n) is 10.4. The molecule has 0 spiro atoms. The van der Waals surface area contributed by atoms with Crippen LogP contribution in [0.15, 0.2) is 78.4 Å². The van der Waals surface area contributed by atoms with Gasteiger partial charge < -0.3 is 19.5 Å². The average molecular weight is 514 g/mol. The van der Waals surface area contributed by atoms with Crippen molar-refractivity contribution in [2.24, 2.45) is 0 Å². The summed E-state index contributed by atoms with van der Waals surface area (Å²) in [6.07, 6.45) is 0.552. The van der Waals surface area contributed by atoms with Gasteiger partial charge in [0.1, 0.15) is 17.3 Å². The topological polar surface area (TPSA) is 76.1 Å². The van der Waals surface area contributed by atoms with Crippen LogP contribution in [0, 0.1) is 0 Å². The van der Waals surface area contributed by atoms with Crippen molar-refractivity contribution in [3.05, 3.63) is 101 Å². The van der Waals surface area contributed by atoms with Crippen LogP contribution in [-0.2, 0) is 21.4 Å². The molecule has 0 saturated carbocycles. The van der Waals surface area contributed by atoms with Crippen molar-refractivity contribution in [1.82, 2.24) is 4.90 Å². The molecule has 1 fully saturated rings. The molecule has 1 aliphatic rings. The number of carbonyl (C=O) groups is 2. The molecule has 3 aromatic carbocycles. The van der Waals surface area contributed by atoms with Crippen LogP contribution in [0.5, 0.6) is 11.5 Å². The van der Waals surface area contributed by atoms with E-state index >= 15 is 0 Å². The molecule has 6 heteroatoms. The van der Waals surface area contributed by atoms with Crippen molar-refractivity contribution in [2.45, 2.75) is 45.6 Å². The van der Waals surface area contributed by atoms with E-state index < -0.39 is 17.7 Å². The molecule has 0 radical (unpaired) electrons. The molecule has 0 aliphatic carbocycles. The van der Waals surface area contributed by atoms with Crippen molar-refractivity contribution >= 4 is 17.4 Å².